The van der Waals surface area contributed by atoms with Gasteiger partial charge in [0.25, 0.3) is 0 Å². The number of likely N-dealkylation sites (tertiary alicyclic amines) is 1. The van der Waals surface area contributed by atoms with E-state index in [2.05, 4.69) is 5.18 Å². The van der Waals surface area contributed by atoms with Crippen LogP contribution >= 0.6 is 0 Å². The topological polar surface area (TPSA) is 111 Å². The van der Waals surface area contributed by atoms with E-state index in [1.807, 2.05) is 4.90 Å². The van der Waals surface area contributed by atoms with E-state index >= 15 is 0 Å². The van der Waals surface area contributed by atoms with E-state index in [4.69, 9.17) is 16.2 Å². The van der Waals surface area contributed by atoms with Crippen LogP contribution in [0.25, 0.3) is 0 Å². The number of halogens is 2. The minimum absolute atomic E-state index is 0.0538. The van der Waals surface area contributed by atoms with Crippen molar-refractivity contribution < 1.29 is 18.3 Å². The van der Waals surface area contributed by atoms with Gasteiger partial charge in [-0.3, -0.25) is 9.69 Å². The summed E-state index contributed by atoms with van der Waals surface area (Å²) in [6.07, 6.45) is 4.89. The molecule has 1 saturated carbocycles. The maximum absolute atomic E-state index is 14.0. The van der Waals surface area contributed by atoms with Crippen molar-refractivity contribution in [3.05, 3.63) is 70.3 Å². The second-order valence-electron chi connectivity index (χ2n) is 8.58. The number of carbonyl (C=O) groups excluding carboxylic acids is 1. The van der Waals surface area contributed by atoms with Crippen molar-refractivity contribution in [3.8, 4) is 5.75 Å². The zero-order valence-electron chi connectivity index (χ0n) is 16.9. The summed E-state index contributed by atoms with van der Waals surface area (Å²) in [4.78, 5) is 25.3. The molecule has 0 unspecified atom stereocenters. The zero-order chi connectivity index (χ0) is 22.2. The van der Waals surface area contributed by atoms with Gasteiger partial charge in [0, 0.05) is 31.5 Å². The van der Waals surface area contributed by atoms with Gasteiger partial charge in [-0.1, -0.05) is 6.08 Å². The van der Waals surface area contributed by atoms with Crippen LogP contribution < -0.4 is 16.2 Å². The summed E-state index contributed by atoms with van der Waals surface area (Å²) < 4.78 is 33.0. The van der Waals surface area contributed by atoms with E-state index in [1.165, 1.54) is 24.3 Å². The summed E-state index contributed by atoms with van der Waals surface area (Å²) >= 11 is 0. The quantitative estimate of drug-likeness (QED) is 0.671. The van der Waals surface area contributed by atoms with Gasteiger partial charge < -0.3 is 16.2 Å². The van der Waals surface area contributed by atoms with E-state index in [9.17, 15) is 18.5 Å². The molecule has 4 N–H and O–H groups in total. The Bertz CT molecular complexity index is 971. The number of benzene rings is 1. The van der Waals surface area contributed by atoms with Gasteiger partial charge in [0.05, 0.1) is 17.6 Å². The van der Waals surface area contributed by atoms with E-state index in [0.29, 0.717) is 31.7 Å². The molecule has 7 nitrogen and oxygen atoms in total. The summed E-state index contributed by atoms with van der Waals surface area (Å²) in [5.74, 6) is -0.858. The van der Waals surface area contributed by atoms with Crippen LogP contribution in [0.2, 0.25) is 0 Å². The fourth-order valence-corrected chi connectivity index (χ4v) is 4.73. The normalized spacial score (nSPS) is 30.7. The Morgan fingerprint density at radius 2 is 1.81 bits per heavy atom. The molecule has 2 fully saturated rings. The van der Waals surface area contributed by atoms with Gasteiger partial charge in [-0.15, -0.1) is 4.91 Å². The molecule has 31 heavy (non-hydrogen) atoms. The van der Waals surface area contributed by atoms with Crippen molar-refractivity contribution >= 4 is 5.78 Å². The smallest absolute Gasteiger partial charge is 0.173 e. The number of nitrogens with two attached hydrogens (primary N) is 2. The molecule has 0 bridgehead atoms. The van der Waals surface area contributed by atoms with Crippen molar-refractivity contribution in [2.45, 2.75) is 36.4 Å². The lowest BCUT2D eigenvalue weighted by Gasteiger charge is -2.31. The van der Waals surface area contributed by atoms with Crippen LogP contribution in [0.4, 0.5) is 8.78 Å². The lowest BCUT2D eigenvalue weighted by molar-refractivity contribution is -0.116. The van der Waals surface area contributed by atoms with Crippen molar-refractivity contribution in [1.29, 1.82) is 0 Å². The van der Waals surface area contributed by atoms with E-state index < -0.39 is 16.9 Å². The third kappa shape index (κ3) is 4.21. The van der Waals surface area contributed by atoms with E-state index in [0.717, 1.165) is 6.08 Å². The predicted octanol–water partition coefficient (Wildman–Crippen LogP) is 2.48. The van der Waals surface area contributed by atoms with Crippen LogP contribution in [0.1, 0.15) is 19.3 Å². The molecule has 164 valence electrons. The number of hydrogen-bond donors (Lipinski definition) is 2. The number of Topliss-reactive ketones (excluding diaryl/α,β-unsaturated/α-hetero) is 1. The van der Waals surface area contributed by atoms with Crippen LogP contribution in [-0.2, 0) is 4.79 Å². The first kappa shape index (κ1) is 21.5. The molecule has 1 aliphatic heterocycles. The predicted molar refractivity (Wildman–Crippen MR) is 111 cm³/mol. The van der Waals surface area contributed by atoms with Crippen LogP contribution in [0.5, 0.6) is 5.75 Å². The molecule has 1 saturated heterocycles. The Balaban J connectivity index is 1.40. The molecular formula is C22H24F2N4O3. The summed E-state index contributed by atoms with van der Waals surface area (Å²) in [6, 6.07) is 5.79. The lowest BCUT2D eigenvalue weighted by atomic mass is 9.85. The molecule has 4 rings (SSSR count). The number of ether oxygens (including phenoxy) is 1. The third-order valence-corrected chi connectivity index (χ3v) is 6.29. The highest BCUT2D eigenvalue weighted by atomic mass is 19.1. The van der Waals surface area contributed by atoms with E-state index in [-0.39, 0.29) is 41.9 Å². The highest BCUT2D eigenvalue weighted by molar-refractivity contribution is 5.97. The van der Waals surface area contributed by atoms with Gasteiger partial charge >= 0.3 is 0 Å². The average Bonchev–Trinajstić information content (AvgIpc) is 2.97. The van der Waals surface area contributed by atoms with Crippen LogP contribution in [0.3, 0.4) is 0 Å². The standard InChI is InChI=1S/C22H24F2N4O3/c23-15-4-6-16(7-5-15)31-17-9-21(25)12-28(13-22(21,26)10-17)11-20(29)14-2-1-3-19(27-30)18(24)8-14/h1,3-8,17H,2,9-13,25-26H2/t17-,21+,22-. The first-order chi connectivity index (χ1) is 14.7. The van der Waals surface area contributed by atoms with Crippen molar-refractivity contribution in [1.82, 2.24) is 4.90 Å². The van der Waals surface area contributed by atoms with Gasteiger partial charge in [-0.05, 0) is 48.0 Å². The van der Waals surface area contributed by atoms with E-state index in [1.54, 1.807) is 12.1 Å². The fourth-order valence-electron chi connectivity index (χ4n) is 4.73. The maximum atomic E-state index is 14.0. The highest BCUT2D eigenvalue weighted by Crippen LogP contribution is 2.43. The molecule has 0 radical (unpaired) electrons. The van der Waals surface area contributed by atoms with Gasteiger partial charge in [0.1, 0.15) is 23.4 Å². The maximum Gasteiger partial charge on any atom is 0.173 e. The van der Waals surface area contributed by atoms with Gasteiger partial charge in [0.2, 0.25) is 0 Å². The second-order valence-corrected chi connectivity index (χ2v) is 8.58. The Labute approximate surface area is 178 Å². The number of carbonyl (C=O) groups is 1. The molecule has 3 atom stereocenters. The van der Waals surface area contributed by atoms with Crippen molar-refractivity contribution in [2.24, 2.45) is 16.6 Å². The Kier molecular flexibility index (Phi) is 5.59. The minimum Gasteiger partial charge on any atom is -0.490 e. The van der Waals surface area contributed by atoms with Crippen molar-refractivity contribution in [3.63, 3.8) is 0 Å². The number of rotatable bonds is 6. The molecular weight excluding hydrogens is 406 g/mol. The number of ketones is 1. The Morgan fingerprint density at radius 1 is 1.16 bits per heavy atom. The number of allylic oxidation sites excluding steroid dienone is 4. The molecule has 1 aromatic rings. The van der Waals surface area contributed by atoms with Crippen molar-refractivity contribution in [2.75, 3.05) is 19.6 Å². The molecule has 1 heterocycles. The van der Waals surface area contributed by atoms with Crippen LogP contribution in [0, 0.1) is 10.7 Å². The van der Waals surface area contributed by atoms with Gasteiger partial charge in [0.15, 0.2) is 11.6 Å². The zero-order valence-corrected chi connectivity index (χ0v) is 16.9. The summed E-state index contributed by atoms with van der Waals surface area (Å²) in [6.45, 7) is 0.862. The monoisotopic (exact) mass is 430 g/mol. The second kappa shape index (κ2) is 8.07. The number of nitrogens with zero attached hydrogens (tertiary/aromatic N) is 2. The molecule has 0 spiro atoms. The molecule has 0 aromatic heterocycles. The summed E-state index contributed by atoms with van der Waals surface area (Å²) in [5.41, 5.74) is 11.7. The fraction of sp³-hybridized carbons (Fsp3) is 0.409. The number of fused-ring (bicyclic) bond motifs is 1. The number of nitroso groups, excluding NO2 is 1. The molecule has 9 heteroatoms. The third-order valence-electron chi connectivity index (χ3n) is 6.29. The minimum atomic E-state index is -0.822. The first-order valence-corrected chi connectivity index (χ1v) is 10.1. The SMILES string of the molecule is N[C@@]12C[C@H](Oc3ccc(F)cc3)C[C@]1(N)CN(CC(=O)C1=CC(F)=C(N=O)C=CC1)C2. The molecule has 0 amide bonds. The first-order valence-electron chi connectivity index (χ1n) is 10.1. The molecule has 3 aliphatic rings. The average molecular weight is 430 g/mol. The van der Waals surface area contributed by atoms with Gasteiger partial charge in [-0.25, -0.2) is 8.78 Å². The Morgan fingerprint density at radius 3 is 2.42 bits per heavy atom. The van der Waals surface area contributed by atoms with Gasteiger partial charge in [-0.2, -0.15) is 0 Å². The largest absolute Gasteiger partial charge is 0.490 e. The molecule has 1 aromatic carbocycles. The van der Waals surface area contributed by atoms with Crippen LogP contribution in [-0.4, -0.2) is 47.5 Å². The molecule has 2 aliphatic carbocycles. The number of hydrogen-bond acceptors (Lipinski definition) is 7. The lowest BCUT2D eigenvalue weighted by Crippen LogP contribution is -2.61. The summed E-state index contributed by atoms with van der Waals surface area (Å²) in [7, 11) is 0. The Hall–Kier alpha value is -2.75. The highest BCUT2D eigenvalue weighted by Gasteiger charge is 2.60. The van der Waals surface area contributed by atoms with Crippen LogP contribution in [0.15, 0.2) is 64.8 Å². The summed E-state index contributed by atoms with van der Waals surface area (Å²) in [5, 5.41) is 2.62.